The summed E-state index contributed by atoms with van der Waals surface area (Å²) in [6.45, 7) is 2.20. The molecular weight excluding hydrogens is 468 g/mol. The van der Waals surface area contributed by atoms with Crippen LogP contribution in [0.25, 0.3) is 11.6 Å². The first kappa shape index (κ1) is 21.6. The summed E-state index contributed by atoms with van der Waals surface area (Å²) in [5.74, 6) is 0.459. The fourth-order valence-electron chi connectivity index (χ4n) is 2.75. The smallest absolute Gasteiger partial charge is 0.269 e. The minimum Gasteiger partial charge on any atom is -0.486 e. The van der Waals surface area contributed by atoms with Crippen LogP contribution in [0.15, 0.2) is 65.1 Å². The average Bonchev–Trinajstić information content (AvgIpc) is 2.72. The van der Waals surface area contributed by atoms with E-state index in [0.29, 0.717) is 20.8 Å². The van der Waals surface area contributed by atoms with E-state index in [1.165, 1.54) is 12.1 Å². The van der Waals surface area contributed by atoms with E-state index < -0.39 is 4.92 Å². The van der Waals surface area contributed by atoms with Gasteiger partial charge in [-0.1, -0.05) is 41.4 Å². The number of hydrogen-bond acceptors (Lipinski definition) is 4. The molecule has 0 aromatic heterocycles. The minimum absolute atomic E-state index is 0.0241. The van der Waals surface area contributed by atoms with Gasteiger partial charge in [0.1, 0.15) is 6.61 Å². The molecule has 150 valence electrons. The molecule has 0 heterocycles. The zero-order valence-electron chi connectivity index (χ0n) is 15.9. The monoisotopic (exact) mass is 482 g/mol. The van der Waals surface area contributed by atoms with Gasteiger partial charge >= 0.3 is 0 Å². The average molecular weight is 484 g/mol. The Bertz CT molecular complexity index is 1130. The number of hydrogen-bond donors (Lipinski definition) is 0. The maximum absolute atomic E-state index is 10.7. The molecule has 0 bridgehead atoms. The van der Waals surface area contributed by atoms with Crippen LogP contribution in [-0.2, 0) is 6.61 Å². The molecule has 0 spiro atoms. The molecule has 3 aromatic carbocycles. The topological polar surface area (TPSA) is 76.2 Å². The molecule has 0 fully saturated rings. The number of benzene rings is 3. The molecule has 0 aliphatic carbocycles. The quantitative estimate of drug-likeness (QED) is 0.164. The molecule has 0 aliphatic rings. The second kappa shape index (κ2) is 9.57. The van der Waals surface area contributed by atoms with Gasteiger partial charge in [0.15, 0.2) is 5.75 Å². The standard InChI is InChI=1S/C23H16BrClN2O3/c1-15-2-6-18(7-3-15)19(13-26)10-17-11-21(24)23(22(25)12-17)30-14-16-4-8-20(9-5-16)27(28)29/h2-12H,14H2,1H3/b19-10-. The summed E-state index contributed by atoms with van der Waals surface area (Å²) in [5, 5.41) is 20.7. The number of nitro groups is 1. The molecule has 0 radical (unpaired) electrons. The first-order chi connectivity index (χ1) is 14.4. The Morgan fingerprint density at radius 3 is 2.43 bits per heavy atom. The van der Waals surface area contributed by atoms with Crippen LogP contribution in [0.3, 0.4) is 0 Å². The normalized spacial score (nSPS) is 11.1. The van der Waals surface area contributed by atoms with Crippen molar-refractivity contribution in [2.75, 3.05) is 0 Å². The SMILES string of the molecule is Cc1ccc(/C(C#N)=C\c2cc(Cl)c(OCc3ccc([N+](=O)[O-])cc3)c(Br)c2)cc1. The molecule has 0 aliphatic heterocycles. The van der Waals surface area contributed by atoms with Crippen molar-refractivity contribution in [3.05, 3.63) is 103 Å². The van der Waals surface area contributed by atoms with Crippen molar-refractivity contribution in [1.29, 1.82) is 5.26 Å². The van der Waals surface area contributed by atoms with Gasteiger partial charge in [0.2, 0.25) is 0 Å². The number of rotatable bonds is 6. The van der Waals surface area contributed by atoms with E-state index in [9.17, 15) is 15.4 Å². The summed E-state index contributed by atoms with van der Waals surface area (Å²) in [4.78, 5) is 10.3. The number of nitriles is 1. The van der Waals surface area contributed by atoms with Gasteiger partial charge in [0, 0.05) is 12.1 Å². The van der Waals surface area contributed by atoms with Crippen LogP contribution in [-0.4, -0.2) is 4.92 Å². The van der Waals surface area contributed by atoms with E-state index in [1.807, 2.05) is 37.3 Å². The Kier molecular flexibility index (Phi) is 6.88. The largest absolute Gasteiger partial charge is 0.486 e. The van der Waals surface area contributed by atoms with Gasteiger partial charge in [-0.3, -0.25) is 10.1 Å². The number of nitro benzene ring substituents is 1. The first-order valence-corrected chi connectivity index (χ1v) is 10.1. The number of allylic oxidation sites excluding steroid dienone is 1. The van der Waals surface area contributed by atoms with E-state index in [4.69, 9.17) is 16.3 Å². The van der Waals surface area contributed by atoms with E-state index >= 15 is 0 Å². The molecule has 3 aromatic rings. The van der Waals surface area contributed by atoms with Crippen LogP contribution in [0.4, 0.5) is 5.69 Å². The molecule has 3 rings (SSSR count). The third kappa shape index (κ3) is 5.26. The van der Waals surface area contributed by atoms with E-state index in [-0.39, 0.29) is 12.3 Å². The summed E-state index contributed by atoms with van der Waals surface area (Å²) in [7, 11) is 0. The van der Waals surface area contributed by atoms with Crippen molar-refractivity contribution in [1.82, 2.24) is 0 Å². The highest BCUT2D eigenvalue weighted by molar-refractivity contribution is 9.10. The molecule has 0 atom stereocenters. The lowest BCUT2D eigenvalue weighted by Crippen LogP contribution is -1.98. The predicted octanol–water partition coefficient (Wildman–Crippen LogP) is 6.96. The highest BCUT2D eigenvalue weighted by Crippen LogP contribution is 2.36. The molecule has 0 saturated carbocycles. The number of aryl methyl sites for hydroxylation is 1. The molecule has 0 unspecified atom stereocenters. The zero-order chi connectivity index (χ0) is 21.7. The maximum atomic E-state index is 10.7. The lowest BCUT2D eigenvalue weighted by atomic mass is 10.0. The second-order valence-corrected chi connectivity index (χ2v) is 7.82. The lowest BCUT2D eigenvalue weighted by Gasteiger charge is -2.11. The highest BCUT2D eigenvalue weighted by Gasteiger charge is 2.11. The van der Waals surface area contributed by atoms with Crippen LogP contribution in [0.5, 0.6) is 5.75 Å². The van der Waals surface area contributed by atoms with Crippen LogP contribution in [0.1, 0.15) is 22.3 Å². The zero-order valence-corrected chi connectivity index (χ0v) is 18.3. The Morgan fingerprint density at radius 2 is 1.87 bits per heavy atom. The van der Waals surface area contributed by atoms with Crippen molar-refractivity contribution in [3.8, 4) is 11.8 Å². The van der Waals surface area contributed by atoms with Crippen LogP contribution >= 0.6 is 27.5 Å². The summed E-state index contributed by atoms with van der Waals surface area (Å²) < 4.78 is 6.45. The molecule has 5 nitrogen and oxygen atoms in total. The Morgan fingerprint density at radius 1 is 1.20 bits per heavy atom. The van der Waals surface area contributed by atoms with Crippen molar-refractivity contribution >= 4 is 44.9 Å². The number of halogens is 2. The summed E-state index contributed by atoms with van der Waals surface area (Å²) in [6.07, 6.45) is 1.77. The van der Waals surface area contributed by atoms with Gasteiger partial charge < -0.3 is 4.74 Å². The van der Waals surface area contributed by atoms with Crippen LogP contribution in [0, 0.1) is 28.4 Å². The molecule has 30 heavy (non-hydrogen) atoms. The van der Waals surface area contributed by atoms with E-state index in [2.05, 4.69) is 22.0 Å². The van der Waals surface area contributed by atoms with Gasteiger partial charge in [-0.2, -0.15) is 5.26 Å². The van der Waals surface area contributed by atoms with Crippen molar-refractivity contribution in [2.45, 2.75) is 13.5 Å². The number of ether oxygens (including phenoxy) is 1. The van der Waals surface area contributed by atoms with Gasteiger partial charge in [0.25, 0.3) is 5.69 Å². The van der Waals surface area contributed by atoms with Gasteiger partial charge in [-0.25, -0.2) is 0 Å². The molecule has 0 amide bonds. The van der Waals surface area contributed by atoms with Crippen molar-refractivity contribution < 1.29 is 9.66 Å². The number of nitrogens with zero attached hydrogens (tertiary/aromatic N) is 2. The molecular formula is C23H16BrClN2O3. The molecule has 0 N–H and O–H groups in total. The molecule has 7 heteroatoms. The third-order valence-electron chi connectivity index (χ3n) is 4.34. The van der Waals surface area contributed by atoms with Crippen molar-refractivity contribution in [3.63, 3.8) is 0 Å². The fraction of sp³-hybridized carbons (Fsp3) is 0.0870. The highest BCUT2D eigenvalue weighted by atomic mass is 79.9. The summed E-state index contributed by atoms with van der Waals surface area (Å²) in [5.41, 5.74) is 4.03. The fourth-order valence-corrected chi connectivity index (χ4v) is 3.74. The van der Waals surface area contributed by atoms with Crippen LogP contribution < -0.4 is 4.74 Å². The van der Waals surface area contributed by atoms with E-state index in [1.54, 1.807) is 24.3 Å². The maximum Gasteiger partial charge on any atom is 0.269 e. The second-order valence-electron chi connectivity index (χ2n) is 6.56. The Labute approximate surface area is 187 Å². The van der Waals surface area contributed by atoms with Gasteiger partial charge in [-0.05, 0) is 69.9 Å². The van der Waals surface area contributed by atoms with E-state index in [0.717, 1.165) is 22.3 Å². The summed E-state index contributed by atoms with van der Waals surface area (Å²) in [6, 6.07) is 19.6. The summed E-state index contributed by atoms with van der Waals surface area (Å²) >= 11 is 9.87. The third-order valence-corrected chi connectivity index (χ3v) is 5.21. The Hall–Kier alpha value is -3.14. The first-order valence-electron chi connectivity index (χ1n) is 8.91. The van der Waals surface area contributed by atoms with Gasteiger partial charge in [0.05, 0.1) is 26.1 Å². The lowest BCUT2D eigenvalue weighted by molar-refractivity contribution is -0.384. The van der Waals surface area contributed by atoms with Gasteiger partial charge in [-0.15, -0.1) is 0 Å². The van der Waals surface area contributed by atoms with Crippen molar-refractivity contribution in [2.24, 2.45) is 0 Å². The Balaban J connectivity index is 1.80. The number of non-ortho nitro benzene ring substituents is 1. The predicted molar refractivity (Wildman–Crippen MR) is 121 cm³/mol. The minimum atomic E-state index is -0.448. The molecule has 0 saturated heterocycles. The van der Waals surface area contributed by atoms with Crippen LogP contribution in [0.2, 0.25) is 5.02 Å².